The van der Waals surface area contributed by atoms with E-state index in [-0.39, 0.29) is 28.5 Å². The normalized spacial score (nSPS) is 22.7. The van der Waals surface area contributed by atoms with Gasteiger partial charge in [0.2, 0.25) is 0 Å². The predicted octanol–water partition coefficient (Wildman–Crippen LogP) is 6.13. The van der Waals surface area contributed by atoms with Crippen LogP contribution in [0.15, 0.2) is 42.5 Å². The van der Waals surface area contributed by atoms with Gasteiger partial charge in [0.25, 0.3) is 5.69 Å². The minimum Gasteiger partial charge on any atom is -0.494 e. The molecular weight excluding hydrogens is 387 g/mol. The first kappa shape index (κ1) is 18.1. The van der Waals surface area contributed by atoms with Gasteiger partial charge in [-0.1, -0.05) is 47.5 Å². The van der Waals surface area contributed by atoms with E-state index in [4.69, 9.17) is 27.9 Å². The molecule has 1 aliphatic carbocycles. The topological polar surface area (TPSA) is 64.4 Å². The fourth-order valence-electron chi connectivity index (χ4n) is 4.12. The molecule has 2 aliphatic rings. The van der Waals surface area contributed by atoms with Crippen molar-refractivity contribution in [3.05, 3.63) is 73.8 Å². The monoisotopic (exact) mass is 404 g/mol. The largest absolute Gasteiger partial charge is 0.494 e. The van der Waals surface area contributed by atoms with Crippen LogP contribution in [0, 0.1) is 16.0 Å². The third-order valence-electron chi connectivity index (χ3n) is 5.25. The molecule has 0 radical (unpaired) electrons. The average Bonchev–Trinajstić information content (AvgIpc) is 3.13. The van der Waals surface area contributed by atoms with Crippen LogP contribution in [0.1, 0.15) is 36.4 Å². The molecule has 2 aromatic rings. The van der Waals surface area contributed by atoms with Gasteiger partial charge in [-0.05, 0) is 42.5 Å². The summed E-state index contributed by atoms with van der Waals surface area (Å²) in [5.74, 6) is 0.772. The number of hydrogen-bond donors (Lipinski definition) is 1. The quantitative estimate of drug-likeness (QED) is 0.378. The van der Waals surface area contributed by atoms with E-state index < -0.39 is 0 Å². The van der Waals surface area contributed by atoms with Crippen LogP contribution in [0.3, 0.4) is 0 Å². The maximum absolute atomic E-state index is 11.7. The molecule has 1 N–H and O–H groups in total. The van der Waals surface area contributed by atoms with Gasteiger partial charge in [0.1, 0.15) is 11.4 Å². The lowest BCUT2D eigenvalue weighted by Crippen LogP contribution is -2.30. The molecule has 0 aromatic heterocycles. The highest BCUT2D eigenvalue weighted by molar-refractivity contribution is 6.42. The third kappa shape index (κ3) is 3.05. The average molecular weight is 405 g/mol. The third-order valence-corrected chi connectivity index (χ3v) is 6.08. The summed E-state index contributed by atoms with van der Waals surface area (Å²) in [4.78, 5) is 11.4. The molecule has 1 heterocycles. The van der Waals surface area contributed by atoms with Gasteiger partial charge in [0.15, 0.2) is 0 Å². The van der Waals surface area contributed by atoms with Crippen molar-refractivity contribution in [2.75, 3.05) is 11.9 Å². The van der Waals surface area contributed by atoms with E-state index in [1.807, 2.05) is 25.1 Å². The second-order valence-electron chi connectivity index (χ2n) is 6.72. The van der Waals surface area contributed by atoms with Crippen molar-refractivity contribution in [3.63, 3.8) is 0 Å². The number of halogens is 2. The van der Waals surface area contributed by atoms with Crippen LogP contribution in [-0.4, -0.2) is 11.5 Å². The van der Waals surface area contributed by atoms with E-state index in [0.29, 0.717) is 28.1 Å². The summed E-state index contributed by atoms with van der Waals surface area (Å²) in [5, 5.41) is 16.1. The van der Waals surface area contributed by atoms with Crippen molar-refractivity contribution in [1.29, 1.82) is 0 Å². The molecular formula is C20H18Cl2N2O3. The Kier molecular flexibility index (Phi) is 4.74. The van der Waals surface area contributed by atoms with Crippen molar-refractivity contribution in [2.24, 2.45) is 5.92 Å². The second kappa shape index (κ2) is 7.06. The summed E-state index contributed by atoms with van der Waals surface area (Å²) in [7, 11) is 0. The molecule has 0 amide bonds. The Morgan fingerprint density at radius 3 is 2.85 bits per heavy atom. The summed E-state index contributed by atoms with van der Waals surface area (Å²) in [6, 6.07) is 8.73. The number of rotatable bonds is 4. The minimum absolute atomic E-state index is 0.0119. The zero-order chi connectivity index (χ0) is 19.1. The highest BCUT2D eigenvalue weighted by atomic mass is 35.5. The van der Waals surface area contributed by atoms with Crippen molar-refractivity contribution in [2.45, 2.75) is 25.3 Å². The number of anilines is 1. The van der Waals surface area contributed by atoms with E-state index in [1.54, 1.807) is 6.07 Å². The Hall–Kier alpha value is -2.24. The molecule has 0 unspecified atom stereocenters. The molecule has 0 spiro atoms. The predicted molar refractivity (Wildman–Crippen MR) is 107 cm³/mol. The number of hydrogen-bond acceptors (Lipinski definition) is 4. The van der Waals surface area contributed by atoms with E-state index in [1.165, 1.54) is 6.07 Å². The van der Waals surface area contributed by atoms with Gasteiger partial charge in [-0.2, -0.15) is 0 Å². The number of benzene rings is 2. The Morgan fingerprint density at radius 1 is 1.30 bits per heavy atom. The van der Waals surface area contributed by atoms with Crippen LogP contribution in [-0.2, 0) is 0 Å². The lowest BCUT2D eigenvalue weighted by molar-refractivity contribution is -0.384. The van der Waals surface area contributed by atoms with E-state index in [2.05, 4.69) is 17.5 Å². The fourth-order valence-corrected chi connectivity index (χ4v) is 4.54. The highest BCUT2D eigenvalue weighted by Crippen LogP contribution is 2.54. The van der Waals surface area contributed by atoms with Crippen LogP contribution < -0.4 is 10.1 Å². The molecule has 0 fully saturated rings. The van der Waals surface area contributed by atoms with Crippen LogP contribution >= 0.6 is 23.2 Å². The van der Waals surface area contributed by atoms with Crippen LogP contribution in [0.25, 0.3) is 0 Å². The molecule has 7 heteroatoms. The van der Waals surface area contributed by atoms with Crippen LogP contribution in [0.4, 0.5) is 11.4 Å². The van der Waals surface area contributed by atoms with Gasteiger partial charge in [-0.15, -0.1) is 0 Å². The molecule has 0 saturated carbocycles. The van der Waals surface area contributed by atoms with Crippen molar-refractivity contribution in [3.8, 4) is 5.75 Å². The summed E-state index contributed by atoms with van der Waals surface area (Å²) in [6.07, 6.45) is 5.10. The zero-order valence-corrected chi connectivity index (χ0v) is 16.1. The molecule has 140 valence electrons. The summed E-state index contributed by atoms with van der Waals surface area (Å²) in [6.45, 7) is 2.31. The SMILES string of the molecule is CCOc1cc2c(c([N+](=O)[O-])c1)N[C@@H](c1cccc(Cl)c1Cl)[C@H]1CC=C[C@@H]21. The summed E-state index contributed by atoms with van der Waals surface area (Å²) < 4.78 is 5.56. The first-order valence-corrected chi connectivity index (χ1v) is 9.59. The lowest BCUT2D eigenvalue weighted by Gasteiger charge is -2.37. The number of fused-ring (bicyclic) bond motifs is 3. The molecule has 2 aromatic carbocycles. The number of nitrogens with zero attached hydrogens (tertiary/aromatic N) is 1. The van der Waals surface area contributed by atoms with Gasteiger partial charge in [-0.25, -0.2) is 0 Å². The first-order chi connectivity index (χ1) is 13.0. The van der Waals surface area contributed by atoms with E-state index in [0.717, 1.165) is 17.5 Å². The summed E-state index contributed by atoms with van der Waals surface area (Å²) in [5.41, 5.74) is 2.28. The first-order valence-electron chi connectivity index (χ1n) is 8.83. The molecule has 27 heavy (non-hydrogen) atoms. The van der Waals surface area contributed by atoms with Gasteiger partial charge in [-0.3, -0.25) is 10.1 Å². The van der Waals surface area contributed by atoms with E-state index >= 15 is 0 Å². The molecule has 4 rings (SSSR count). The molecule has 0 bridgehead atoms. The maximum atomic E-state index is 11.7. The zero-order valence-electron chi connectivity index (χ0n) is 14.6. The smallest absolute Gasteiger partial charge is 0.296 e. The summed E-state index contributed by atoms with van der Waals surface area (Å²) >= 11 is 12.7. The second-order valence-corrected chi connectivity index (χ2v) is 7.50. The number of nitrogens with one attached hydrogen (secondary N) is 1. The Morgan fingerprint density at radius 2 is 2.11 bits per heavy atom. The maximum Gasteiger partial charge on any atom is 0.296 e. The minimum atomic E-state index is -0.371. The van der Waals surface area contributed by atoms with Gasteiger partial charge >= 0.3 is 0 Å². The fraction of sp³-hybridized carbons (Fsp3) is 0.300. The number of nitro benzene ring substituents is 1. The number of allylic oxidation sites excluding steroid dienone is 2. The Bertz CT molecular complexity index is 945. The number of ether oxygens (including phenoxy) is 1. The molecule has 0 saturated heterocycles. The standard InChI is InChI=1S/C20H18Cl2N2O3/c1-2-27-11-9-15-12-5-3-6-13(12)19(14-7-4-8-16(21)18(14)22)23-20(15)17(10-11)24(25)26/h3-5,7-10,12-13,19,23H,2,6H2,1H3/t12-,13+,19-/m1/s1. The molecule has 5 nitrogen and oxygen atoms in total. The lowest BCUT2D eigenvalue weighted by atomic mass is 9.76. The van der Waals surface area contributed by atoms with Gasteiger partial charge < -0.3 is 10.1 Å². The number of nitro groups is 1. The van der Waals surface area contributed by atoms with Crippen molar-refractivity contribution < 1.29 is 9.66 Å². The van der Waals surface area contributed by atoms with Crippen molar-refractivity contribution >= 4 is 34.6 Å². The highest BCUT2D eigenvalue weighted by Gasteiger charge is 2.41. The van der Waals surface area contributed by atoms with Gasteiger partial charge in [0.05, 0.1) is 33.7 Å². The molecule has 3 atom stereocenters. The molecule has 1 aliphatic heterocycles. The van der Waals surface area contributed by atoms with Crippen LogP contribution in [0.2, 0.25) is 10.0 Å². The van der Waals surface area contributed by atoms with E-state index in [9.17, 15) is 10.1 Å². The Labute approximate surface area is 167 Å². The Balaban J connectivity index is 1.87. The van der Waals surface area contributed by atoms with Gasteiger partial charge in [0, 0.05) is 5.92 Å². The van der Waals surface area contributed by atoms with Crippen LogP contribution in [0.5, 0.6) is 5.75 Å². The van der Waals surface area contributed by atoms with Crippen molar-refractivity contribution in [1.82, 2.24) is 0 Å².